The first-order chi connectivity index (χ1) is 8.61. The highest BCUT2D eigenvalue weighted by molar-refractivity contribution is 9.10. The largest absolute Gasteiger partial charge is 0.457 e. The van der Waals surface area contributed by atoms with E-state index in [4.69, 9.17) is 10.3 Å². The van der Waals surface area contributed by atoms with Crippen molar-refractivity contribution in [3.05, 3.63) is 58.0 Å². The number of halogens is 3. The van der Waals surface area contributed by atoms with Crippen molar-refractivity contribution in [3.8, 4) is 0 Å². The number of furan rings is 1. The Hall–Kier alpha value is -1.24. The molecule has 3 nitrogen and oxygen atoms in total. The third kappa shape index (κ3) is 2.77. The van der Waals surface area contributed by atoms with Crippen molar-refractivity contribution in [2.75, 3.05) is 0 Å². The molecule has 6 heteroatoms. The highest BCUT2D eigenvalue weighted by Crippen LogP contribution is 2.27. The SMILES string of the molecule is NNC(Cc1ccc(F)cc1F)c1ccoc1Br. The number of nitrogens with one attached hydrogen (secondary N) is 1. The molecule has 1 unspecified atom stereocenters. The summed E-state index contributed by atoms with van der Waals surface area (Å²) in [6.07, 6.45) is 1.80. The molecule has 18 heavy (non-hydrogen) atoms. The maximum atomic E-state index is 13.5. The molecule has 0 aliphatic rings. The molecule has 0 fully saturated rings. The molecule has 0 saturated heterocycles. The van der Waals surface area contributed by atoms with E-state index in [0.29, 0.717) is 16.7 Å². The van der Waals surface area contributed by atoms with Crippen LogP contribution in [0.25, 0.3) is 0 Å². The Bertz CT molecular complexity index is 545. The first kappa shape index (κ1) is 13.2. The van der Waals surface area contributed by atoms with Crippen LogP contribution in [0.15, 0.2) is 39.6 Å². The van der Waals surface area contributed by atoms with Crippen molar-refractivity contribution in [2.24, 2.45) is 5.84 Å². The summed E-state index contributed by atoms with van der Waals surface area (Å²) in [6.45, 7) is 0. The van der Waals surface area contributed by atoms with Crippen LogP contribution in [0.4, 0.5) is 8.78 Å². The maximum Gasteiger partial charge on any atom is 0.173 e. The summed E-state index contributed by atoms with van der Waals surface area (Å²) in [4.78, 5) is 0. The third-order valence-corrected chi connectivity index (χ3v) is 3.31. The minimum absolute atomic E-state index is 0.292. The van der Waals surface area contributed by atoms with E-state index < -0.39 is 11.6 Å². The Labute approximate surface area is 111 Å². The van der Waals surface area contributed by atoms with Gasteiger partial charge in [0.05, 0.1) is 12.3 Å². The van der Waals surface area contributed by atoms with E-state index in [9.17, 15) is 8.78 Å². The van der Waals surface area contributed by atoms with Gasteiger partial charge in [0.25, 0.3) is 0 Å². The fraction of sp³-hybridized carbons (Fsp3) is 0.167. The predicted molar refractivity (Wildman–Crippen MR) is 66.5 cm³/mol. The van der Waals surface area contributed by atoms with Crippen molar-refractivity contribution >= 4 is 15.9 Å². The van der Waals surface area contributed by atoms with Gasteiger partial charge in [-0.15, -0.1) is 0 Å². The molecule has 1 heterocycles. The zero-order chi connectivity index (χ0) is 13.1. The van der Waals surface area contributed by atoms with Crippen LogP contribution in [-0.4, -0.2) is 0 Å². The van der Waals surface area contributed by atoms with Crippen molar-refractivity contribution in [2.45, 2.75) is 12.5 Å². The minimum atomic E-state index is -0.599. The van der Waals surface area contributed by atoms with Crippen LogP contribution in [0.1, 0.15) is 17.2 Å². The molecular weight excluding hydrogens is 306 g/mol. The molecule has 1 atom stereocenters. The van der Waals surface area contributed by atoms with Crippen LogP contribution in [0.5, 0.6) is 0 Å². The average Bonchev–Trinajstić information content (AvgIpc) is 2.75. The van der Waals surface area contributed by atoms with Crippen LogP contribution in [0.3, 0.4) is 0 Å². The lowest BCUT2D eigenvalue weighted by Gasteiger charge is -2.15. The van der Waals surface area contributed by atoms with E-state index in [2.05, 4.69) is 21.4 Å². The molecule has 0 bridgehead atoms. The summed E-state index contributed by atoms with van der Waals surface area (Å²) in [5, 5.41) is 0. The number of hydrogen-bond donors (Lipinski definition) is 2. The molecule has 1 aromatic heterocycles. The summed E-state index contributed by atoms with van der Waals surface area (Å²) in [5.74, 6) is 4.26. The van der Waals surface area contributed by atoms with Crippen molar-refractivity contribution in [1.29, 1.82) is 0 Å². The number of hydrogen-bond acceptors (Lipinski definition) is 3. The minimum Gasteiger partial charge on any atom is -0.457 e. The van der Waals surface area contributed by atoms with Gasteiger partial charge in [0.2, 0.25) is 0 Å². The summed E-state index contributed by atoms with van der Waals surface area (Å²) in [6, 6.07) is 4.89. The molecule has 2 rings (SSSR count). The van der Waals surface area contributed by atoms with Gasteiger partial charge in [-0.05, 0) is 40.0 Å². The van der Waals surface area contributed by atoms with Crippen LogP contribution in [-0.2, 0) is 6.42 Å². The summed E-state index contributed by atoms with van der Waals surface area (Å²) in [7, 11) is 0. The third-order valence-electron chi connectivity index (χ3n) is 2.66. The Morgan fingerprint density at radius 3 is 2.67 bits per heavy atom. The van der Waals surface area contributed by atoms with Gasteiger partial charge in [-0.3, -0.25) is 11.3 Å². The van der Waals surface area contributed by atoms with Gasteiger partial charge in [-0.1, -0.05) is 6.07 Å². The molecule has 0 radical (unpaired) electrons. The predicted octanol–water partition coefficient (Wildman–Crippen LogP) is 3.07. The van der Waals surface area contributed by atoms with E-state index >= 15 is 0 Å². The standard InChI is InChI=1S/C12H11BrF2N2O/c13-12-9(3-4-18-12)11(17-16)5-7-1-2-8(14)6-10(7)15/h1-4,6,11,17H,5,16H2. The molecule has 1 aromatic carbocycles. The zero-order valence-corrected chi connectivity index (χ0v) is 10.9. The van der Waals surface area contributed by atoms with E-state index in [0.717, 1.165) is 11.6 Å². The number of nitrogens with two attached hydrogens (primary N) is 1. The van der Waals surface area contributed by atoms with Crippen LogP contribution in [0, 0.1) is 11.6 Å². The highest BCUT2D eigenvalue weighted by atomic mass is 79.9. The normalized spacial score (nSPS) is 12.7. The molecule has 3 N–H and O–H groups in total. The van der Waals surface area contributed by atoms with Gasteiger partial charge < -0.3 is 4.42 Å². The van der Waals surface area contributed by atoms with Crippen LogP contribution in [0.2, 0.25) is 0 Å². The second-order valence-electron chi connectivity index (χ2n) is 3.81. The Kier molecular flexibility index (Phi) is 4.11. The summed E-state index contributed by atoms with van der Waals surface area (Å²) >= 11 is 3.24. The monoisotopic (exact) mass is 316 g/mol. The average molecular weight is 317 g/mol. The van der Waals surface area contributed by atoms with Gasteiger partial charge in [0, 0.05) is 11.6 Å². The molecule has 0 amide bonds. The summed E-state index contributed by atoms with van der Waals surface area (Å²) in [5.41, 5.74) is 3.75. The fourth-order valence-electron chi connectivity index (χ4n) is 1.72. The zero-order valence-electron chi connectivity index (χ0n) is 9.29. The first-order valence-corrected chi connectivity index (χ1v) is 6.04. The molecule has 2 aromatic rings. The van der Waals surface area contributed by atoms with Crippen molar-refractivity contribution in [3.63, 3.8) is 0 Å². The second kappa shape index (κ2) is 5.60. The molecule has 0 aliphatic heterocycles. The number of hydrazine groups is 1. The van der Waals surface area contributed by atoms with E-state index in [-0.39, 0.29) is 6.04 Å². The molecular formula is C12H11BrF2N2O. The second-order valence-corrected chi connectivity index (χ2v) is 4.53. The fourth-order valence-corrected chi connectivity index (χ4v) is 2.24. The van der Waals surface area contributed by atoms with Gasteiger partial charge >= 0.3 is 0 Å². The molecule has 0 spiro atoms. The molecule has 96 valence electrons. The Morgan fingerprint density at radius 2 is 2.11 bits per heavy atom. The van der Waals surface area contributed by atoms with Crippen LogP contribution >= 0.6 is 15.9 Å². The smallest absolute Gasteiger partial charge is 0.173 e. The Morgan fingerprint density at radius 1 is 1.33 bits per heavy atom. The van der Waals surface area contributed by atoms with Gasteiger partial charge in [-0.2, -0.15) is 0 Å². The summed E-state index contributed by atoms with van der Waals surface area (Å²) < 4.78 is 32.0. The molecule has 0 aliphatic carbocycles. The molecule has 0 saturated carbocycles. The lowest BCUT2D eigenvalue weighted by Crippen LogP contribution is -2.29. The van der Waals surface area contributed by atoms with Crippen molar-refractivity contribution in [1.82, 2.24) is 5.43 Å². The topological polar surface area (TPSA) is 51.2 Å². The number of benzene rings is 1. The van der Waals surface area contributed by atoms with Crippen molar-refractivity contribution < 1.29 is 13.2 Å². The van der Waals surface area contributed by atoms with Gasteiger partial charge in [-0.25, -0.2) is 8.78 Å². The Balaban J connectivity index is 2.23. The maximum absolute atomic E-state index is 13.5. The highest BCUT2D eigenvalue weighted by Gasteiger charge is 2.17. The lowest BCUT2D eigenvalue weighted by atomic mass is 10.0. The van der Waals surface area contributed by atoms with E-state index in [1.807, 2.05) is 0 Å². The first-order valence-electron chi connectivity index (χ1n) is 5.24. The van der Waals surface area contributed by atoms with E-state index in [1.54, 1.807) is 6.07 Å². The van der Waals surface area contributed by atoms with Gasteiger partial charge in [0.15, 0.2) is 4.67 Å². The van der Waals surface area contributed by atoms with E-state index in [1.165, 1.54) is 18.4 Å². The number of rotatable bonds is 4. The van der Waals surface area contributed by atoms with Gasteiger partial charge in [0.1, 0.15) is 11.6 Å². The van der Waals surface area contributed by atoms with Crippen LogP contribution < -0.4 is 11.3 Å². The quantitative estimate of drug-likeness (QED) is 0.673. The lowest BCUT2D eigenvalue weighted by molar-refractivity contribution is 0.496.